The standard InChI is InChI=1S/C21H31N3O2/c1-16-17(2)24(15-12-22-16)21(26)19-10-13-23(14-11-19)20(25)9-8-18-6-4-3-5-7-18/h3-7,16-17,19,22H,8-15H2,1-2H3. The van der Waals surface area contributed by atoms with E-state index in [0.717, 1.165) is 32.4 Å². The summed E-state index contributed by atoms with van der Waals surface area (Å²) in [4.78, 5) is 29.3. The number of likely N-dealkylation sites (tertiary alicyclic amines) is 1. The van der Waals surface area contributed by atoms with Gasteiger partial charge in [0.05, 0.1) is 0 Å². The van der Waals surface area contributed by atoms with Gasteiger partial charge in [0.1, 0.15) is 0 Å². The lowest BCUT2D eigenvalue weighted by Gasteiger charge is -2.41. The summed E-state index contributed by atoms with van der Waals surface area (Å²) in [5, 5.41) is 3.42. The van der Waals surface area contributed by atoms with Crippen molar-refractivity contribution >= 4 is 11.8 Å². The molecular weight excluding hydrogens is 326 g/mol. The maximum absolute atomic E-state index is 12.9. The molecule has 0 saturated carbocycles. The van der Waals surface area contributed by atoms with E-state index in [4.69, 9.17) is 0 Å². The Morgan fingerprint density at radius 3 is 2.46 bits per heavy atom. The Labute approximate surface area is 156 Å². The van der Waals surface area contributed by atoms with Crippen LogP contribution in [-0.4, -0.2) is 59.9 Å². The fourth-order valence-electron chi connectivity index (χ4n) is 4.03. The molecule has 5 nitrogen and oxygen atoms in total. The van der Waals surface area contributed by atoms with Crippen LogP contribution in [0.5, 0.6) is 0 Å². The molecule has 2 fully saturated rings. The summed E-state index contributed by atoms with van der Waals surface area (Å²) in [6, 6.07) is 10.7. The van der Waals surface area contributed by atoms with E-state index in [0.29, 0.717) is 25.6 Å². The summed E-state index contributed by atoms with van der Waals surface area (Å²) in [5.74, 6) is 0.562. The van der Waals surface area contributed by atoms with Gasteiger partial charge in [0.15, 0.2) is 0 Å². The van der Waals surface area contributed by atoms with Gasteiger partial charge in [-0.2, -0.15) is 0 Å². The molecule has 0 aromatic heterocycles. The molecule has 26 heavy (non-hydrogen) atoms. The Morgan fingerprint density at radius 2 is 1.77 bits per heavy atom. The molecule has 0 spiro atoms. The first-order valence-corrected chi connectivity index (χ1v) is 9.92. The molecule has 1 aromatic rings. The molecule has 2 amide bonds. The largest absolute Gasteiger partial charge is 0.343 e. The zero-order chi connectivity index (χ0) is 18.5. The normalized spacial score (nSPS) is 24.5. The topological polar surface area (TPSA) is 52.7 Å². The van der Waals surface area contributed by atoms with Gasteiger partial charge in [-0.3, -0.25) is 9.59 Å². The van der Waals surface area contributed by atoms with Crippen LogP contribution in [0.2, 0.25) is 0 Å². The number of hydrogen-bond donors (Lipinski definition) is 1. The van der Waals surface area contributed by atoms with Crippen molar-refractivity contribution in [2.24, 2.45) is 5.92 Å². The summed E-state index contributed by atoms with van der Waals surface area (Å²) in [5.41, 5.74) is 1.20. The highest BCUT2D eigenvalue weighted by Gasteiger charge is 2.34. The summed E-state index contributed by atoms with van der Waals surface area (Å²) in [7, 11) is 0. The first kappa shape index (κ1) is 18.9. The molecule has 5 heteroatoms. The molecular formula is C21H31N3O2. The number of benzene rings is 1. The van der Waals surface area contributed by atoms with Gasteiger partial charge >= 0.3 is 0 Å². The molecule has 2 heterocycles. The third kappa shape index (κ3) is 4.44. The number of nitrogens with one attached hydrogen (secondary N) is 1. The molecule has 2 saturated heterocycles. The smallest absolute Gasteiger partial charge is 0.226 e. The van der Waals surface area contributed by atoms with Gasteiger partial charge in [0.25, 0.3) is 0 Å². The van der Waals surface area contributed by atoms with E-state index in [2.05, 4.69) is 31.3 Å². The van der Waals surface area contributed by atoms with E-state index in [9.17, 15) is 9.59 Å². The van der Waals surface area contributed by atoms with Crippen molar-refractivity contribution in [2.45, 2.75) is 51.6 Å². The van der Waals surface area contributed by atoms with Gasteiger partial charge in [-0.25, -0.2) is 0 Å². The van der Waals surface area contributed by atoms with Crippen molar-refractivity contribution < 1.29 is 9.59 Å². The summed E-state index contributed by atoms with van der Waals surface area (Å²) in [6.45, 7) is 7.34. The van der Waals surface area contributed by atoms with Crippen molar-refractivity contribution in [2.75, 3.05) is 26.2 Å². The molecule has 2 unspecified atom stereocenters. The van der Waals surface area contributed by atoms with Gasteiger partial charge in [-0.15, -0.1) is 0 Å². The van der Waals surface area contributed by atoms with Crippen molar-refractivity contribution in [3.05, 3.63) is 35.9 Å². The van der Waals surface area contributed by atoms with Crippen LogP contribution in [0.25, 0.3) is 0 Å². The third-order valence-electron chi connectivity index (χ3n) is 5.98. The molecule has 0 aliphatic carbocycles. The van der Waals surface area contributed by atoms with Crippen molar-refractivity contribution in [3.63, 3.8) is 0 Å². The van der Waals surface area contributed by atoms with Gasteiger partial charge in [0, 0.05) is 50.6 Å². The van der Waals surface area contributed by atoms with E-state index < -0.39 is 0 Å². The van der Waals surface area contributed by atoms with E-state index in [1.165, 1.54) is 5.56 Å². The van der Waals surface area contributed by atoms with Crippen LogP contribution in [0.15, 0.2) is 30.3 Å². The number of hydrogen-bond acceptors (Lipinski definition) is 3. The van der Waals surface area contributed by atoms with Crippen LogP contribution in [0, 0.1) is 5.92 Å². The van der Waals surface area contributed by atoms with Crippen molar-refractivity contribution in [1.82, 2.24) is 15.1 Å². The monoisotopic (exact) mass is 357 g/mol. The highest BCUT2D eigenvalue weighted by atomic mass is 16.2. The first-order valence-electron chi connectivity index (χ1n) is 9.92. The van der Waals surface area contributed by atoms with Crippen LogP contribution in [0.1, 0.15) is 38.7 Å². The van der Waals surface area contributed by atoms with Gasteiger partial charge in [0.2, 0.25) is 11.8 Å². The molecule has 3 rings (SSSR count). The highest BCUT2D eigenvalue weighted by Crippen LogP contribution is 2.23. The lowest BCUT2D eigenvalue weighted by Crippen LogP contribution is -2.59. The van der Waals surface area contributed by atoms with E-state index >= 15 is 0 Å². The van der Waals surface area contributed by atoms with E-state index in [1.807, 2.05) is 28.0 Å². The van der Waals surface area contributed by atoms with Gasteiger partial charge < -0.3 is 15.1 Å². The number of rotatable bonds is 4. The third-order valence-corrected chi connectivity index (χ3v) is 5.98. The minimum absolute atomic E-state index is 0.0703. The number of carbonyl (C=O) groups excluding carboxylic acids is 2. The quantitative estimate of drug-likeness (QED) is 0.897. The van der Waals surface area contributed by atoms with Crippen LogP contribution in [0.3, 0.4) is 0 Å². The van der Waals surface area contributed by atoms with Gasteiger partial charge in [-0.05, 0) is 38.7 Å². The Balaban J connectivity index is 1.46. The summed E-state index contributed by atoms with van der Waals surface area (Å²) in [6.07, 6.45) is 2.92. The second-order valence-corrected chi connectivity index (χ2v) is 7.66. The van der Waals surface area contributed by atoms with Crippen LogP contribution in [-0.2, 0) is 16.0 Å². The zero-order valence-electron chi connectivity index (χ0n) is 16.0. The molecule has 2 atom stereocenters. The van der Waals surface area contributed by atoms with Crippen molar-refractivity contribution in [3.8, 4) is 0 Å². The zero-order valence-corrected chi connectivity index (χ0v) is 16.0. The average Bonchev–Trinajstić information content (AvgIpc) is 2.68. The van der Waals surface area contributed by atoms with E-state index in [1.54, 1.807) is 0 Å². The molecule has 0 bridgehead atoms. The number of carbonyl (C=O) groups is 2. The molecule has 2 aliphatic heterocycles. The fraction of sp³-hybridized carbons (Fsp3) is 0.619. The number of aryl methyl sites for hydroxylation is 1. The Hall–Kier alpha value is -1.88. The number of amides is 2. The maximum Gasteiger partial charge on any atom is 0.226 e. The van der Waals surface area contributed by atoms with Crippen LogP contribution >= 0.6 is 0 Å². The Kier molecular flexibility index (Phi) is 6.30. The SMILES string of the molecule is CC1NCCN(C(=O)C2CCN(C(=O)CCc3ccccc3)CC2)C1C. The second kappa shape index (κ2) is 8.67. The number of nitrogens with zero attached hydrogens (tertiary/aromatic N) is 2. The summed E-state index contributed by atoms with van der Waals surface area (Å²) >= 11 is 0. The maximum atomic E-state index is 12.9. The Morgan fingerprint density at radius 1 is 1.08 bits per heavy atom. The van der Waals surface area contributed by atoms with E-state index in [-0.39, 0.29) is 23.8 Å². The predicted octanol–water partition coefficient (Wildman–Crippen LogP) is 2.07. The van der Waals surface area contributed by atoms with Crippen LogP contribution in [0.4, 0.5) is 0 Å². The minimum Gasteiger partial charge on any atom is -0.343 e. The first-order chi connectivity index (χ1) is 12.6. The molecule has 142 valence electrons. The summed E-state index contributed by atoms with van der Waals surface area (Å²) < 4.78 is 0. The lowest BCUT2D eigenvalue weighted by molar-refractivity contribution is -0.143. The molecule has 1 aromatic carbocycles. The molecule has 0 radical (unpaired) electrons. The minimum atomic E-state index is 0.0703. The predicted molar refractivity (Wildman–Crippen MR) is 103 cm³/mol. The lowest BCUT2D eigenvalue weighted by atomic mass is 9.93. The van der Waals surface area contributed by atoms with Crippen LogP contribution < -0.4 is 5.32 Å². The number of piperazine rings is 1. The number of piperidine rings is 1. The molecule has 1 N–H and O–H groups in total. The Bertz CT molecular complexity index is 611. The van der Waals surface area contributed by atoms with Crippen molar-refractivity contribution in [1.29, 1.82) is 0 Å². The highest BCUT2D eigenvalue weighted by molar-refractivity contribution is 5.80. The van der Waals surface area contributed by atoms with Gasteiger partial charge in [-0.1, -0.05) is 30.3 Å². The molecule has 2 aliphatic rings. The second-order valence-electron chi connectivity index (χ2n) is 7.66. The fourth-order valence-corrected chi connectivity index (χ4v) is 4.03. The average molecular weight is 357 g/mol.